The zero-order valence-electron chi connectivity index (χ0n) is 14.3. The zero-order chi connectivity index (χ0) is 19.0. The van der Waals surface area contributed by atoms with Crippen molar-refractivity contribution < 1.29 is 4.92 Å². The van der Waals surface area contributed by atoms with Gasteiger partial charge in [-0.15, -0.1) is 0 Å². The number of para-hydroxylation sites is 2. The number of anilines is 1. The molecule has 0 radical (unpaired) electrons. The monoisotopic (exact) mass is 402 g/mol. The lowest BCUT2D eigenvalue weighted by molar-refractivity contribution is -0.384. The molecule has 0 bridgehead atoms. The van der Waals surface area contributed by atoms with E-state index in [4.69, 9.17) is 28.3 Å². The van der Waals surface area contributed by atoms with Crippen LogP contribution in [0.15, 0.2) is 42.5 Å². The molecular formula is C19H16Cl2N4O2. The van der Waals surface area contributed by atoms with E-state index in [1.54, 1.807) is 41.1 Å². The summed E-state index contributed by atoms with van der Waals surface area (Å²) in [5, 5.41) is 20.6. The minimum atomic E-state index is -0.401. The van der Waals surface area contributed by atoms with Crippen molar-refractivity contribution in [1.29, 1.82) is 0 Å². The highest BCUT2D eigenvalue weighted by Gasteiger charge is 2.27. The Morgan fingerprint density at radius 1 is 1.07 bits per heavy atom. The fourth-order valence-electron chi connectivity index (χ4n) is 3.40. The van der Waals surface area contributed by atoms with E-state index in [1.165, 1.54) is 6.07 Å². The summed E-state index contributed by atoms with van der Waals surface area (Å²) in [5.74, 6) is 0.757. The molecule has 1 aliphatic heterocycles. The first-order valence-corrected chi connectivity index (χ1v) is 9.37. The van der Waals surface area contributed by atoms with Crippen LogP contribution < -0.4 is 5.32 Å². The number of nitro groups is 1. The van der Waals surface area contributed by atoms with Gasteiger partial charge in [0.1, 0.15) is 17.2 Å². The Hall–Kier alpha value is -2.57. The van der Waals surface area contributed by atoms with Crippen molar-refractivity contribution in [2.24, 2.45) is 0 Å². The van der Waals surface area contributed by atoms with E-state index in [2.05, 4.69) is 5.32 Å². The van der Waals surface area contributed by atoms with Gasteiger partial charge in [0.15, 0.2) is 0 Å². The van der Waals surface area contributed by atoms with E-state index in [1.807, 2.05) is 0 Å². The maximum absolute atomic E-state index is 11.5. The SMILES string of the molecule is O=[N+]([O-])c1ccccc1-n1nc(-c2c(Cl)cccc2Cl)c2c1NCCCC2. The van der Waals surface area contributed by atoms with Crippen molar-refractivity contribution in [1.82, 2.24) is 9.78 Å². The van der Waals surface area contributed by atoms with Gasteiger partial charge in [-0.1, -0.05) is 41.4 Å². The summed E-state index contributed by atoms with van der Waals surface area (Å²) in [6, 6.07) is 11.9. The summed E-state index contributed by atoms with van der Waals surface area (Å²) in [4.78, 5) is 11.1. The van der Waals surface area contributed by atoms with Gasteiger partial charge in [-0.3, -0.25) is 10.1 Å². The molecule has 0 atom stereocenters. The normalized spacial score (nSPS) is 13.6. The largest absolute Gasteiger partial charge is 0.370 e. The molecule has 0 aliphatic carbocycles. The second-order valence-electron chi connectivity index (χ2n) is 6.31. The summed E-state index contributed by atoms with van der Waals surface area (Å²) in [6.07, 6.45) is 2.78. The number of nitrogens with one attached hydrogen (secondary N) is 1. The summed E-state index contributed by atoms with van der Waals surface area (Å²) in [7, 11) is 0. The molecule has 27 heavy (non-hydrogen) atoms. The van der Waals surface area contributed by atoms with Gasteiger partial charge in [0.2, 0.25) is 0 Å². The molecule has 0 saturated carbocycles. The Kier molecular flexibility index (Phi) is 4.76. The van der Waals surface area contributed by atoms with Crippen molar-refractivity contribution in [3.8, 4) is 16.9 Å². The summed E-state index contributed by atoms with van der Waals surface area (Å²) in [5.41, 5.74) is 2.68. The molecule has 1 N–H and O–H groups in total. The van der Waals surface area contributed by atoms with Crippen LogP contribution in [0.3, 0.4) is 0 Å². The molecular weight excluding hydrogens is 387 g/mol. The minimum absolute atomic E-state index is 0.00866. The van der Waals surface area contributed by atoms with Crippen LogP contribution in [0.4, 0.5) is 11.5 Å². The van der Waals surface area contributed by atoms with Crippen LogP contribution in [0, 0.1) is 10.1 Å². The topological polar surface area (TPSA) is 73.0 Å². The molecule has 4 rings (SSSR count). The number of aromatic nitrogens is 2. The Bertz CT molecular complexity index is 1010. The predicted molar refractivity (Wildman–Crippen MR) is 107 cm³/mol. The number of hydrogen-bond acceptors (Lipinski definition) is 4. The van der Waals surface area contributed by atoms with Crippen molar-refractivity contribution in [2.75, 3.05) is 11.9 Å². The second-order valence-corrected chi connectivity index (χ2v) is 7.13. The number of hydrogen-bond donors (Lipinski definition) is 1. The number of rotatable bonds is 3. The fourth-order valence-corrected chi connectivity index (χ4v) is 3.98. The Morgan fingerprint density at radius 2 is 1.81 bits per heavy atom. The lowest BCUT2D eigenvalue weighted by Gasteiger charge is -2.09. The van der Waals surface area contributed by atoms with E-state index in [-0.39, 0.29) is 5.69 Å². The zero-order valence-corrected chi connectivity index (χ0v) is 15.8. The van der Waals surface area contributed by atoms with Gasteiger partial charge in [0, 0.05) is 23.7 Å². The highest BCUT2D eigenvalue weighted by atomic mass is 35.5. The van der Waals surface area contributed by atoms with Gasteiger partial charge in [0.05, 0.1) is 15.0 Å². The third-order valence-electron chi connectivity index (χ3n) is 4.64. The van der Waals surface area contributed by atoms with Crippen LogP contribution in [0.25, 0.3) is 16.9 Å². The Labute approximate surface area is 165 Å². The number of nitro benzene ring substituents is 1. The van der Waals surface area contributed by atoms with Crippen LogP contribution in [0.1, 0.15) is 18.4 Å². The number of fused-ring (bicyclic) bond motifs is 1. The van der Waals surface area contributed by atoms with Gasteiger partial charge in [-0.2, -0.15) is 5.10 Å². The van der Waals surface area contributed by atoms with Crippen molar-refractivity contribution >= 4 is 34.7 Å². The van der Waals surface area contributed by atoms with Crippen LogP contribution >= 0.6 is 23.2 Å². The molecule has 2 heterocycles. The number of halogens is 2. The third-order valence-corrected chi connectivity index (χ3v) is 5.27. The lowest BCUT2D eigenvalue weighted by Crippen LogP contribution is -2.08. The standard InChI is InChI=1S/C19H16Cl2N4O2/c20-13-7-5-8-14(21)17(13)18-12-6-3-4-11-22-19(12)24(23-18)15-9-1-2-10-16(15)25(26)27/h1-2,5,7-10,22H,3-4,6,11H2. The first-order chi connectivity index (χ1) is 13.1. The average molecular weight is 403 g/mol. The maximum atomic E-state index is 11.5. The van der Waals surface area contributed by atoms with E-state index in [0.29, 0.717) is 27.0 Å². The van der Waals surface area contributed by atoms with E-state index >= 15 is 0 Å². The molecule has 0 spiro atoms. The quantitative estimate of drug-likeness (QED) is 0.463. The second kappa shape index (κ2) is 7.21. The first kappa shape index (κ1) is 17.8. The third kappa shape index (κ3) is 3.15. The van der Waals surface area contributed by atoms with E-state index in [0.717, 1.165) is 37.2 Å². The van der Waals surface area contributed by atoms with Gasteiger partial charge in [-0.25, -0.2) is 4.68 Å². The number of benzene rings is 2. The highest BCUT2D eigenvalue weighted by Crippen LogP contribution is 2.41. The molecule has 1 aliphatic rings. The molecule has 2 aromatic carbocycles. The minimum Gasteiger partial charge on any atom is -0.370 e. The van der Waals surface area contributed by atoms with Crippen LogP contribution in [-0.4, -0.2) is 21.2 Å². The maximum Gasteiger partial charge on any atom is 0.294 e. The molecule has 0 amide bonds. The first-order valence-electron chi connectivity index (χ1n) is 8.62. The van der Waals surface area contributed by atoms with Crippen LogP contribution in [-0.2, 0) is 6.42 Å². The van der Waals surface area contributed by atoms with Crippen LogP contribution in [0.2, 0.25) is 10.0 Å². The number of nitrogens with zero attached hydrogens (tertiary/aromatic N) is 3. The molecule has 0 saturated heterocycles. The summed E-state index contributed by atoms with van der Waals surface area (Å²) >= 11 is 12.8. The highest BCUT2D eigenvalue weighted by molar-refractivity contribution is 6.39. The molecule has 138 valence electrons. The van der Waals surface area contributed by atoms with E-state index in [9.17, 15) is 10.1 Å². The van der Waals surface area contributed by atoms with Crippen LogP contribution in [0.5, 0.6) is 0 Å². The molecule has 8 heteroatoms. The molecule has 1 aromatic heterocycles. The summed E-state index contributed by atoms with van der Waals surface area (Å²) in [6.45, 7) is 0.773. The molecule has 6 nitrogen and oxygen atoms in total. The summed E-state index contributed by atoms with van der Waals surface area (Å²) < 4.78 is 1.60. The van der Waals surface area contributed by atoms with Gasteiger partial charge >= 0.3 is 0 Å². The predicted octanol–water partition coefficient (Wildman–Crippen LogP) is 5.50. The molecule has 3 aromatic rings. The van der Waals surface area contributed by atoms with Crippen molar-refractivity contribution in [2.45, 2.75) is 19.3 Å². The molecule has 0 fully saturated rings. The van der Waals surface area contributed by atoms with Crippen molar-refractivity contribution in [3.63, 3.8) is 0 Å². The smallest absolute Gasteiger partial charge is 0.294 e. The molecule has 0 unspecified atom stereocenters. The Balaban J connectivity index is 2.01. The van der Waals surface area contributed by atoms with Crippen molar-refractivity contribution in [3.05, 3.63) is 68.2 Å². The van der Waals surface area contributed by atoms with E-state index < -0.39 is 4.92 Å². The fraction of sp³-hybridized carbons (Fsp3) is 0.211. The van der Waals surface area contributed by atoms with Gasteiger partial charge in [0.25, 0.3) is 5.69 Å². The van der Waals surface area contributed by atoms with Gasteiger partial charge in [-0.05, 0) is 37.5 Å². The Morgan fingerprint density at radius 3 is 2.56 bits per heavy atom. The van der Waals surface area contributed by atoms with Gasteiger partial charge < -0.3 is 5.32 Å². The lowest BCUT2D eigenvalue weighted by atomic mass is 10.0. The average Bonchev–Trinajstić information content (AvgIpc) is 2.83.